The lowest BCUT2D eigenvalue weighted by Crippen LogP contribution is -2.13. The van der Waals surface area contributed by atoms with E-state index in [2.05, 4.69) is 10.6 Å². The number of carbonyl (C=O) groups excluding carboxylic acids is 1. The van der Waals surface area contributed by atoms with Crippen molar-refractivity contribution in [1.82, 2.24) is 0 Å². The van der Waals surface area contributed by atoms with E-state index in [1.807, 2.05) is 43.3 Å². The molecule has 0 aliphatic rings. The topological polar surface area (TPSA) is 61.4 Å². The van der Waals surface area contributed by atoms with Gasteiger partial charge in [-0.1, -0.05) is 24.3 Å². The van der Waals surface area contributed by atoms with E-state index in [9.17, 15) is 4.79 Å². The van der Waals surface area contributed by atoms with Crippen molar-refractivity contribution in [3.05, 3.63) is 59.7 Å². The fourth-order valence-electron chi connectivity index (χ4n) is 2.38. The summed E-state index contributed by atoms with van der Waals surface area (Å²) in [4.78, 5) is 12.3. The Hall–Kier alpha value is -2.33. The number of carbonyl (C=O) groups is 1. The predicted molar refractivity (Wildman–Crippen MR) is 95.0 cm³/mol. The minimum absolute atomic E-state index is 0.103. The molecule has 0 unspecified atom stereocenters. The van der Waals surface area contributed by atoms with E-state index in [0.29, 0.717) is 5.56 Å². The van der Waals surface area contributed by atoms with Gasteiger partial charge in [-0.3, -0.25) is 4.79 Å². The summed E-state index contributed by atoms with van der Waals surface area (Å²) in [6.45, 7) is 3.10. The molecule has 1 amide bonds. The van der Waals surface area contributed by atoms with Crippen LogP contribution >= 0.6 is 0 Å². The van der Waals surface area contributed by atoms with Gasteiger partial charge in [0.15, 0.2) is 0 Å². The first-order valence-electron chi connectivity index (χ1n) is 8.03. The molecule has 0 aromatic heterocycles. The van der Waals surface area contributed by atoms with Crippen molar-refractivity contribution in [2.45, 2.75) is 26.2 Å². The molecule has 0 fully saturated rings. The summed E-state index contributed by atoms with van der Waals surface area (Å²) in [5.74, 6) is -0.103. The number of benzene rings is 2. The number of anilines is 2. The summed E-state index contributed by atoms with van der Waals surface area (Å²) in [5.41, 5.74) is 3.52. The number of hydrogen-bond donors (Lipinski definition) is 3. The van der Waals surface area contributed by atoms with Gasteiger partial charge in [0.2, 0.25) is 0 Å². The second-order valence-electron chi connectivity index (χ2n) is 5.51. The van der Waals surface area contributed by atoms with Crippen LogP contribution in [0.15, 0.2) is 48.5 Å². The van der Waals surface area contributed by atoms with Crippen molar-refractivity contribution in [1.29, 1.82) is 0 Å². The van der Waals surface area contributed by atoms with Crippen LogP contribution < -0.4 is 10.6 Å². The first-order chi connectivity index (χ1) is 11.2. The summed E-state index contributed by atoms with van der Waals surface area (Å²) >= 11 is 0. The molecule has 2 aromatic rings. The molecule has 0 aliphatic heterocycles. The van der Waals surface area contributed by atoms with Crippen LogP contribution in [0.25, 0.3) is 0 Å². The fraction of sp³-hybridized carbons (Fsp3) is 0.316. The van der Waals surface area contributed by atoms with Crippen LogP contribution in [-0.4, -0.2) is 24.2 Å². The van der Waals surface area contributed by atoms with E-state index in [-0.39, 0.29) is 12.5 Å². The van der Waals surface area contributed by atoms with Gasteiger partial charge in [-0.05, 0) is 56.0 Å². The zero-order valence-electron chi connectivity index (χ0n) is 13.5. The highest BCUT2D eigenvalue weighted by Gasteiger charge is 2.09. The van der Waals surface area contributed by atoms with Crippen LogP contribution in [0.5, 0.6) is 0 Å². The van der Waals surface area contributed by atoms with Gasteiger partial charge in [-0.15, -0.1) is 0 Å². The van der Waals surface area contributed by atoms with Gasteiger partial charge in [0, 0.05) is 30.1 Å². The number of unbranched alkanes of at least 4 members (excludes halogenated alkanes) is 2. The molecule has 2 aromatic carbocycles. The molecule has 0 radical (unpaired) electrons. The average molecular weight is 312 g/mol. The molecule has 0 spiro atoms. The molecule has 0 heterocycles. The minimum Gasteiger partial charge on any atom is -0.396 e. The van der Waals surface area contributed by atoms with Gasteiger partial charge in [-0.25, -0.2) is 0 Å². The number of aliphatic hydroxyl groups is 1. The van der Waals surface area contributed by atoms with Crippen molar-refractivity contribution < 1.29 is 9.90 Å². The quantitative estimate of drug-likeness (QED) is 0.649. The van der Waals surface area contributed by atoms with Gasteiger partial charge in [0.05, 0.1) is 0 Å². The van der Waals surface area contributed by atoms with E-state index < -0.39 is 0 Å². The summed E-state index contributed by atoms with van der Waals surface area (Å²) < 4.78 is 0. The lowest BCUT2D eigenvalue weighted by atomic mass is 10.1. The van der Waals surface area contributed by atoms with Crippen molar-refractivity contribution in [3.63, 3.8) is 0 Å². The molecule has 0 saturated heterocycles. The van der Waals surface area contributed by atoms with Gasteiger partial charge in [0.1, 0.15) is 0 Å². The van der Waals surface area contributed by atoms with Gasteiger partial charge < -0.3 is 15.7 Å². The van der Waals surface area contributed by atoms with Crippen molar-refractivity contribution in [3.8, 4) is 0 Å². The molecular weight excluding hydrogens is 288 g/mol. The van der Waals surface area contributed by atoms with Crippen LogP contribution in [0.4, 0.5) is 11.4 Å². The Balaban J connectivity index is 1.97. The molecule has 0 saturated carbocycles. The summed E-state index contributed by atoms with van der Waals surface area (Å²) in [7, 11) is 0. The maximum absolute atomic E-state index is 12.3. The second-order valence-corrected chi connectivity index (χ2v) is 5.51. The summed E-state index contributed by atoms with van der Waals surface area (Å²) in [6.07, 6.45) is 2.86. The Morgan fingerprint density at radius 1 is 0.957 bits per heavy atom. The normalized spacial score (nSPS) is 10.3. The van der Waals surface area contributed by atoms with E-state index in [0.717, 1.165) is 42.7 Å². The zero-order chi connectivity index (χ0) is 16.5. The molecule has 0 atom stereocenters. The standard InChI is InChI=1S/C19H24N2O2/c1-15-17(20-13-6-3-7-14-22)11-8-12-18(15)21-19(23)16-9-4-2-5-10-16/h2,4-5,8-12,20,22H,3,6-7,13-14H2,1H3,(H,21,23). The average Bonchev–Trinajstić information content (AvgIpc) is 2.58. The molecular formula is C19H24N2O2. The van der Waals surface area contributed by atoms with E-state index >= 15 is 0 Å². The smallest absolute Gasteiger partial charge is 0.255 e. The van der Waals surface area contributed by atoms with Gasteiger partial charge in [0.25, 0.3) is 5.91 Å². The molecule has 4 heteroatoms. The molecule has 23 heavy (non-hydrogen) atoms. The molecule has 3 N–H and O–H groups in total. The Labute approximate surface area is 137 Å². The number of amides is 1. The van der Waals surface area contributed by atoms with E-state index in [1.54, 1.807) is 12.1 Å². The van der Waals surface area contributed by atoms with Crippen LogP contribution in [-0.2, 0) is 0 Å². The minimum atomic E-state index is -0.103. The monoisotopic (exact) mass is 312 g/mol. The third kappa shape index (κ3) is 5.11. The Morgan fingerprint density at radius 2 is 1.70 bits per heavy atom. The zero-order valence-corrected chi connectivity index (χ0v) is 13.5. The van der Waals surface area contributed by atoms with E-state index in [1.165, 1.54) is 0 Å². The van der Waals surface area contributed by atoms with Gasteiger partial charge >= 0.3 is 0 Å². The lowest BCUT2D eigenvalue weighted by molar-refractivity contribution is 0.102. The summed E-state index contributed by atoms with van der Waals surface area (Å²) in [5, 5.41) is 15.1. The maximum atomic E-state index is 12.3. The molecule has 2 rings (SSSR count). The molecule has 122 valence electrons. The molecule has 0 bridgehead atoms. The molecule has 4 nitrogen and oxygen atoms in total. The van der Waals surface area contributed by atoms with E-state index in [4.69, 9.17) is 5.11 Å². The fourth-order valence-corrected chi connectivity index (χ4v) is 2.38. The highest BCUT2D eigenvalue weighted by Crippen LogP contribution is 2.24. The second kappa shape index (κ2) is 8.96. The Kier molecular flexibility index (Phi) is 6.63. The number of nitrogens with one attached hydrogen (secondary N) is 2. The predicted octanol–water partition coefficient (Wildman–Crippen LogP) is 3.82. The third-order valence-corrected chi connectivity index (χ3v) is 3.77. The maximum Gasteiger partial charge on any atom is 0.255 e. The SMILES string of the molecule is Cc1c(NCCCCCO)cccc1NC(=O)c1ccccc1. The number of rotatable bonds is 8. The number of hydrogen-bond acceptors (Lipinski definition) is 3. The van der Waals surface area contributed by atoms with Crippen LogP contribution in [0.2, 0.25) is 0 Å². The molecule has 0 aliphatic carbocycles. The Morgan fingerprint density at radius 3 is 2.43 bits per heavy atom. The van der Waals surface area contributed by atoms with Crippen LogP contribution in [0, 0.1) is 6.92 Å². The first-order valence-corrected chi connectivity index (χ1v) is 8.03. The van der Waals surface area contributed by atoms with Crippen LogP contribution in [0.1, 0.15) is 35.2 Å². The van der Waals surface area contributed by atoms with Crippen molar-refractivity contribution in [2.75, 3.05) is 23.8 Å². The highest BCUT2D eigenvalue weighted by atomic mass is 16.2. The number of aliphatic hydroxyl groups excluding tert-OH is 1. The highest BCUT2D eigenvalue weighted by molar-refractivity contribution is 6.04. The first kappa shape index (κ1) is 17.0. The third-order valence-electron chi connectivity index (χ3n) is 3.77. The summed E-state index contributed by atoms with van der Waals surface area (Å²) in [6, 6.07) is 15.1. The Bertz CT molecular complexity index is 627. The van der Waals surface area contributed by atoms with Gasteiger partial charge in [-0.2, -0.15) is 0 Å². The van der Waals surface area contributed by atoms with Crippen LogP contribution in [0.3, 0.4) is 0 Å². The lowest BCUT2D eigenvalue weighted by Gasteiger charge is -2.14. The van der Waals surface area contributed by atoms with Crippen molar-refractivity contribution >= 4 is 17.3 Å². The van der Waals surface area contributed by atoms with Crippen molar-refractivity contribution in [2.24, 2.45) is 0 Å². The largest absolute Gasteiger partial charge is 0.396 e.